The van der Waals surface area contributed by atoms with Gasteiger partial charge < -0.3 is 9.72 Å². The fraction of sp³-hybridized carbons (Fsp3) is 0.462. The van der Waals surface area contributed by atoms with Crippen molar-refractivity contribution in [1.29, 1.82) is 0 Å². The molecule has 1 aliphatic heterocycles. The van der Waals surface area contributed by atoms with Crippen LogP contribution in [0.2, 0.25) is 0 Å². The third-order valence-corrected chi connectivity index (χ3v) is 3.30. The van der Waals surface area contributed by atoms with Crippen molar-refractivity contribution in [3.8, 4) is 0 Å². The normalized spacial score (nSPS) is 20.1. The summed E-state index contributed by atoms with van der Waals surface area (Å²) in [5, 5.41) is 6.99. The van der Waals surface area contributed by atoms with Crippen LogP contribution in [-0.2, 0) is 11.3 Å². The molecule has 1 fully saturated rings. The zero-order valence-corrected chi connectivity index (χ0v) is 11.3. The quantitative estimate of drug-likeness (QED) is 0.845. The molecule has 0 bridgehead atoms. The van der Waals surface area contributed by atoms with E-state index in [4.69, 9.17) is 4.74 Å². The summed E-state index contributed by atoms with van der Waals surface area (Å²) in [6.07, 6.45) is 1.56. The van der Waals surface area contributed by atoms with Crippen molar-refractivity contribution >= 4 is 0 Å². The number of aromatic nitrogens is 4. The summed E-state index contributed by atoms with van der Waals surface area (Å²) in [5.41, 5.74) is 0.928. The molecular formula is C13H17N5O2. The second-order valence-corrected chi connectivity index (χ2v) is 4.93. The molecule has 0 aromatic carbocycles. The number of hydrogen-bond donors (Lipinski definition) is 2. The van der Waals surface area contributed by atoms with Crippen LogP contribution in [0.25, 0.3) is 0 Å². The summed E-state index contributed by atoms with van der Waals surface area (Å²) >= 11 is 0. The monoisotopic (exact) mass is 275 g/mol. The van der Waals surface area contributed by atoms with Crippen LogP contribution in [-0.4, -0.2) is 44.8 Å². The van der Waals surface area contributed by atoms with Crippen molar-refractivity contribution in [3.05, 3.63) is 45.9 Å². The molecule has 1 unspecified atom stereocenters. The summed E-state index contributed by atoms with van der Waals surface area (Å²) in [6, 6.07) is 3.55. The maximum Gasteiger partial charge on any atom is 0.248 e. The Bertz CT molecular complexity index is 635. The van der Waals surface area contributed by atoms with Gasteiger partial charge in [-0.15, -0.1) is 0 Å². The molecule has 2 aromatic rings. The van der Waals surface area contributed by atoms with Gasteiger partial charge in [-0.2, -0.15) is 5.10 Å². The highest BCUT2D eigenvalue weighted by atomic mass is 16.5. The van der Waals surface area contributed by atoms with Crippen molar-refractivity contribution in [2.24, 2.45) is 0 Å². The smallest absolute Gasteiger partial charge is 0.248 e. The first-order valence-corrected chi connectivity index (χ1v) is 6.61. The molecule has 106 valence electrons. The lowest BCUT2D eigenvalue weighted by atomic mass is 10.2. The van der Waals surface area contributed by atoms with Crippen molar-refractivity contribution in [2.75, 3.05) is 19.7 Å². The van der Waals surface area contributed by atoms with Gasteiger partial charge in [0.05, 0.1) is 6.61 Å². The molecule has 1 aliphatic rings. The summed E-state index contributed by atoms with van der Waals surface area (Å²) < 4.78 is 5.71. The van der Waals surface area contributed by atoms with E-state index < -0.39 is 0 Å². The molecule has 3 rings (SSSR count). The molecule has 7 heteroatoms. The molecule has 20 heavy (non-hydrogen) atoms. The van der Waals surface area contributed by atoms with Gasteiger partial charge in [-0.05, 0) is 18.6 Å². The Morgan fingerprint density at radius 3 is 3.20 bits per heavy atom. The van der Waals surface area contributed by atoms with E-state index in [0.717, 1.165) is 31.0 Å². The minimum atomic E-state index is -0.115. The minimum absolute atomic E-state index is 0.0723. The SMILES string of the molecule is Cc1nc(C2CN(Cc3cc[nH]c(=O)c3)CCO2)n[nH]1. The zero-order valence-electron chi connectivity index (χ0n) is 11.3. The highest BCUT2D eigenvalue weighted by Gasteiger charge is 2.25. The average molecular weight is 275 g/mol. The van der Waals surface area contributed by atoms with Gasteiger partial charge in [0.15, 0.2) is 5.82 Å². The number of hydrogen-bond acceptors (Lipinski definition) is 5. The Labute approximate surface area is 116 Å². The lowest BCUT2D eigenvalue weighted by Crippen LogP contribution is -2.38. The molecule has 2 aromatic heterocycles. The molecule has 7 nitrogen and oxygen atoms in total. The zero-order chi connectivity index (χ0) is 13.9. The number of rotatable bonds is 3. The Kier molecular flexibility index (Phi) is 3.62. The van der Waals surface area contributed by atoms with Crippen LogP contribution in [0.1, 0.15) is 23.3 Å². The molecule has 0 spiro atoms. The molecule has 0 saturated carbocycles. The maximum absolute atomic E-state index is 11.3. The van der Waals surface area contributed by atoms with Crippen molar-refractivity contribution < 1.29 is 4.74 Å². The predicted octanol–water partition coefficient (Wildman–Crippen LogP) is 0.375. The van der Waals surface area contributed by atoms with E-state index in [9.17, 15) is 4.79 Å². The second-order valence-electron chi connectivity index (χ2n) is 4.93. The van der Waals surface area contributed by atoms with E-state index in [1.807, 2.05) is 13.0 Å². The fourth-order valence-electron chi connectivity index (χ4n) is 2.35. The molecule has 1 atom stereocenters. The van der Waals surface area contributed by atoms with E-state index in [0.29, 0.717) is 12.4 Å². The molecule has 1 saturated heterocycles. The van der Waals surface area contributed by atoms with Gasteiger partial charge in [-0.3, -0.25) is 14.8 Å². The lowest BCUT2D eigenvalue weighted by Gasteiger charge is -2.31. The van der Waals surface area contributed by atoms with E-state index in [1.54, 1.807) is 12.3 Å². The lowest BCUT2D eigenvalue weighted by molar-refractivity contribution is -0.0370. The van der Waals surface area contributed by atoms with Crippen LogP contribution in [0.3, 0.4) is 0 Å². The van der Waals surface area contributed by atoms with Crippen LogP contribution in [0, 0.1) is 6.92 Å². The van der Waals surface area contributed by atoms with E-state index in [2.05, 4.69) is 25.1 Å². The topological polar surface area (TPSA) is 86.9 Å². The average Bonchev–Trinajstić information content (AvgIpc) is 2.86. The van der Waals surface area contributed by atoms with Gasteiger partial charge in [0.2, 0.25) is 5.56 Å². The number of nitrogens with one attached hydrogen (secondary N) is 2. The van der Waals surface area contributed by atoms with Gasteiger partial charge >= 0.3 is 0 Å². The first-order chi connectivity index (χ1) is 9.70. The largest absolute Gasteiger partial charge is 0.367 e. The number of aromatic amines is 2. The molecule has 2 N–H and O–H groups in total. The van der Waals surface area contributed by atoms with Crippen molar-refractivity contribution in [3.63, 3.8) is 0 Å². The highest BCUT2D eigenvalue weighted by Crippen LogP contribution is 2.20. The molecule has 3 heterocycles. The highest BCUT2D eigenvalue weighted by molar-refractivity contribution is 5.10. The van der Waals surface area contributed by atoms with Gasteiger partial charge in [-0.1, -0.05) is 0 Å². The number of nitrogens with zero attached hydrogens (tertiary/aromatic N) is 3. The van der Waals surface area contributed by atoms with E-state index in [1.165, 1.54) is 0 Å². The van der Waals surface area contributed by atoms with Gasteiger partial charge in [0, 0.05) is 31.9 Å². The van der Waals surface area contributed by atoms with Crippen molar-refractivity contribution in [1.82, 2.24) is 25.1 Å². The minimum Gasteiger partial charge on any atom is -0.367 e. The third-order valence-electron chi connectivity index (χ3n) is 3.30. The third kappa shape index (κ3) is 2.94. The van der Waals surface area contributed by atoms with E-state index in [-0.39, 0.29) is 11.7 Å². The first kappa shape index (κ1) is 13.0. The van der Waals surface area contributed by atoms with Crippen molar-refractivity contribution in [2.45, 2.75) is 19.6 Å². The van der Waals surface area contributed by atoms with Crippen LogP contribution in [0.5, 0.6) is 0 Å². The first-order valence-electron chi connectivity index (χ1n) is 6.61. The van der Waals surface area contributed by atoms with Crippen LogP contribution < -0.4 is 5.56 Å². The number of ether oxygens (including phenoxy) is 1. The van der Waals surface area contributed by atoms with Crippen LogP contribution >= 0.6 is 0 Å². The number of aryl methyl sites for hydroxylation is 1. The van der Waals surface area contributed by atoms with E-state index >= 15 is 0 Å². The number of H-pyrrole nitrogens is 2. The Balaban J connectivity index is 1.67. The Hall–Kier alpha value is -1.99. The number of pyridine rings is 1. The molecule has 0 radical (unpaired) electrons. The Morgan fingerprint density at radius 2 is 2.45 bits per heavy atom. The summed E-state index contributed by atoms with van der Waals surface area (Å²) in [4.78, 5) is 20.5. The molecule has 0 amide bonds. The summed E-state index contributed by atoms with van der Waals surface area (Å²) in [6.45, 7) is 4.80. The molecule has 0 aliphatic carbocycles. The van der Waals surface area contributed by atoms with Gasteiger partial charge in [0.1, 0.15) is 11.9 Å². The van der Waals surface area contributed by atoms with Gasteiger partial charge in [-0.25, -0.2) is 4.98 Å². The van der Waals surface area contributed by atoms with Gasteiger partial charge in [0.25, 0.3) is 0 Å². The summed E-state index contributed by atoms with van der Waals surface area (Å²) in [7, 11) is 0. The van der Waals surface area contributed by atoms with Crippen LogP contribution in [0.15, 0.2) is 23.1 Å². The van der Waals surface area contributed by atoms with Crippen LogP contribution in [0.4, 0.5) is 0 Å². The Morgan fingerprint density at radius 1 is 1.55 bits per heavy atom. The standard InChI is InChI=1S/C13H17N5O2/c1-9-15-13(17-16-9)11-8-18(4-5-20-11)7-10-2-3-14-12(19)6-10/h2-3,6,11H,4-5,7-8H2,1H3,(H,14,19)(H,15,16,17). The maximum atomic E-state index is 11.3. The summed E-state index contributed by atoms with van der Waals surface area (Å²) in [5.74, 6) is 1.48. The molecular weight excluding hydrogens is 258 g/mol. The fourth-order valence-corrected chi connectivity index (χ4v) is 2.35. The number of morpholine rings is 1. The second kappa shape index (κ2) is 5.56. The predicted molar refractivity (Wildman–Crippen MR) is 72.2 cm³/mol.